The predicted molar refractivity (Wildman–Crippen MR) is 105 cm³/mol. The minimum absolute atomic E-state index is 0.0490. The second-order valence-corrected chi connectivity index (χ2v) is 10.1. The van der Waals surface area contributed by atoms with Crippen molar-refractivity contribution in [2.45, 2.75) is 83.7 Å². The van der Waals surface area contributed by atoms with Gasteiger partial charge in [0.1, 0.15) is 5.60 Å². The molecule has 1 heterocycles. The number of rotatable bonds is 2. The Hall–Kier alpha value is -1.25. The van der Waals surface area contributed by atoms with E-state index >= 15 is 0 Å². The smallest absolute Gasteiger partial charge is 0.306 e. The molecule has 5 aliphatic rings. The molecule has 3 heteroatoms. The van der Waals surface area contributed by atoms with E-state index in [0.717, 1.165) is 49.2 Å². The molecule has 1 aliphatic heterocycles. The number of fused-ring (bicyclic) bond motifs is 6. The van der Waals surface area contributed by atoms with Gasteiger partial charge >= 0.3 is 5.97 Å². The van der Waals surface area contributed by atoms with Crippen molar-refractivity contribution in [2.24, 2.45) is 28.6 Å². The van der Waals surface area contributed by atoms with Crippen LogP contribution in [0.25, 0.3) is 0 Å². The Morgan fingerprint density at radius 3 is 2.67 bits per heavy atom. The molecule has 0 bridgehead atoms. The van der Waals surface area contributed by atoms with E-state index in [2.05, 4.69) is 26.0 Å². The maximum atomic E-state index is 12.1. The van der Waals surface area contributed by atoms with Crippen LogP contribution in [0.1, 0.15) is 78.1 Å². The standard InChI is InChI=1S/C24H34O3/c1-4-23-12-8-19-18(20(23)9-13-24(23)14-10-21(25)27-24)6-5-16-15-17(26-3)7-11-22(16,19)2/h5,15,18-20H,4,6-14H2,1-3H3/t18-,19?,20?,22+,23+,24-/m1/s1. The first-order valence-electron chi connectivity index (χ1n) is 11.1. The minimum Gasteiger partial charge on any atom is -0.501 e. The first-order valence-corrected chi connectivity index (χ1v) is 11.1. The Kier molecular flexibility index (Phi) is 3.88. The molecule has 1 saturated heterocycles. The summed E-state index contributed by atoms with van der Waals surface area (Å²) < 4.78 is 11.7. The second kappa shape index (κ2) is 5.87. The van der Waals surface area contributed by atoms with E-state index in [1.54, 1.807) is 7.11 Å². The van der Waals surface area contributed by atoms with Crippen LogP contribution >= 0.6 is 0 Å². The molecule has 4 aliphatic carbocycles. The molecule has 0 radical (unpaired) electrons. The van der Waals surface area contributed by atoms with Gasteiger partial charge in [-0.1, -0.05) is 19.9 Å². The lowest BCUT2D eigenvalue weighted by Gasteiger charge is -2.59. The number of allylic oxidation sites excluding steroid dienone is 4. The highest BCUT2D eigenvalue weighted by molar-refractivity contribution is 5.72. The fourth-order valence-electron chi connectivity index (χ4n) is 8.28. The maximum absolute atomic E-state index is 12.1. The number of carbonyl (C=O) groups excluding carboxylic acids is 1. The summed E-state index contributed by atoms with van der Waals surface area (Å²) in [6.45, 7) is 4.87. The Bertz CT molecular complexity index is 721. The molecule has 6 atom stereocenters. The topological polar surface area (TPSA) is 35.5 Å². The van der Waals surface area contributed by atoms with Crippen LogP contribution in [0.3, 0.4) is 0 Å². The lowest BCUT2D eigenvalue weighted by atomic mass is 9.46. The first kappa shape index (κ1) is 17.8. The van der Waals surface area contributed by atoms with Crippen LogP contribution in [0.4, 0.5) is 0 Å². The summed E-state index contributed by atoms with van der Waals surface area (Å²) in [6, 6.07) is 0. The summed E-state index contributed by atoms with van der Waals surface area (Å²) in [4.78, 5) is 12.1. The van der Waals surface area contributed by atoms with E-state index in [1.807, 2.05) is 0 Å². The van der Waals surface area contributed by atoms with Crippen LogP contribution in [-0.2, 0) is 14.3 Å². The Morgan fingerprint density at radius 1 is 1.15 bits per heavy atom. The molecule has 2 unspecified atom stereocenters. The van der Waals surface area contributed by atoms with Gasteiger partial charge in [0.15, 0.2) is 0 Å². The molecular weight excluding hydrogens is 336 g/mol. The summed E-state index contributed by atoms with van der Waals surface area (Å²) >= 11 is 0. The van der Waals surface area contributed by atoms with Crippen molar-refractivity contribution in [3.63, 3.8) is 0 Å². The highest BCUT2D eigenvalue weighted by Gasteiger charge is 2.67. The van der Waals surface area contributed by atoms with Crippen LogP contribution in [0, 0.1) is 28.6 Å². The monoisotopic (exact) mass is 370 g/mol. The van der Waals surface area contributed by atoms with Crippen LogP contribution < -0.4 is 0 Å². The van der Waals surface area contributed by atoms with Crippen LogP contribution in [0.5, 0.6) is 0 Å². The van der Waals surface area contributed by atoms with E-state index in [9.17, 15) is 4.79 Å². The van der Waals surface area contributed by atoms with Gasteiger partial charge in [0.2, 0.25) is 0 Å². The minimum atomic E-state index is -0.144. The van der Waals surface area contributed by atoms with Gasteiger partial charge in [0, 0.05) is 18.3 Å². The molecule has 2 saturated carbocycles. The predicted octanol–water partition coefficient (Wildman–Crippen LogP) is 5.56. The fourth-order valence-corrected chi connectivity index (χ4v) is 8.28. The van der Waals surface area contributed by atoms with Crippen LogP contribution in [0.2, 0.25) is 0 Å². The second-order valence-electron chi connectivity index (χ2n) is 10.1. The van der Waals surface area contributed by atoms with Crippen molar-refractivity contribution < 1.29 is 14.3 Å². The van der Waals surface area contributed by atoms with Crippen molar-refractivity contribution in [1.29, 1.82) is 0 Å². The molecule has 1 spiro atoms. The molecule has 3 nitrogen and oxygen atoms in total. The largest absolute Gasteiger partial charge is 0.501 e. The van der Waals surface area contributed by atoms with E-state index in [4.69, 9.17) is 9.47 Å². The molecule has 5 rings (SSSR count). The summed E-state index contributed by atoms with van der Waals surface area (Å²) in [7, 11) is 1.80. The van der Waals surface area contributed by atoms with Crippen molar-refractivity contribution in [3.8, 4) is 0 Å². The van der Waals surface area contributed by atoms with Crippen molar-refractivity contribution in [2.75, 3.05) is 7.11 Å². The highest BCUT2D eigenvalue weighted by atomic mass is 16.6. The van der Waals surface area contributed by atoms with E-state index in [-0.39, 0.29) is 17.0 Å². The summed E-state index contributed by atoms with van der Waals surface area (Å²) in [5.41, 5.74) is 1.91. The molecule has 0 amide bonds. The van der Waals surface area contributed by atoms with Gasteiger partial charge in [-0.25, -0.2) is 0 Å². The zero-order valence-corrected chi connectivity index (χ0v) is 17.2. The summed E-state index contributed by atoms with van der Waals surface area (Å²) in [6.07, 6.45) is 16.0. The number of methoxy groups -OCH3 is 1. The maximum Gasteiger partial charge on any atom is 0.306 e. The number of hydrogen-bond acceptors (Lipinski definition) is 3. The number of esters is 1. The Balaban J connectivity index is 1.51. The molecule has 3 fully saturated rings. The molecule has 27 heavy (non-hydrogen) atoms. The van der Waals surface area contributed by atoms with Gasteiger partial charge in [-0.2, -0.15) is 0 Å². The zero-order chi connectivity index (χ0) is 18.9. The number of hydrogen-bond donors (Lipinski definition) is 0. The SMILES string of the molecule is CC[C@]12CCC3[C@@H](CC=C4C=C(OC)CC[C@@]43C)C1CC[C@@]21CCC(=O)O1. The van der Waals surface area contributed by atoms with Gasteiger partial charge in [0.05, 0.1) is 12.9 Å². The average Bonchev–Trinajstić information content (AvgIpc) is 3.22. The van der Waals surface area contributed by atoms with Crippen LogP contribution in [-0.4, -0.2) is 18.7 Å². The van der Waals surface area contributed by atoms with Crippen molar-refractivity contribution in [3.05, 3.63) is 23.5 Å². The lowest BCUT2D eigenvalue weighted by molar-refractivity contribution is -0.170. The van der Waals surface area contributed by atoms with E-state index in [1.165, 1.54) is 37.7 Å². The first-order chi connectivity index (χ1) is 13.0. The highest BCUT2D eigenvalue weighted by Crippen LogP contribution is 2.70. The van der Waals surface area contributed by atoms with Gasteiger partial charge in [-0.3, -0.25) is 4.79 Å². The number of ether oxygens (including phenoxy) is 2. The molecule has 148 valence electrons. The lowest BCUT2D eigenvalue weighted by Crippen LogP contribution is -2.55. The van der Waals surface area contributed by atoms with Crippen molar-refractivity contribution in [1.82, 2.24) is 0 Å². The van der Waals surface area contributed by atoms with Gasteiger partial charge in [-0.05, 0) is 86.2 Å². The molecule has 0 aromatic carbocycles. The third kappa shape index (κ3) is 2.17. The quantitative estimate of drug-likeness (QED) is 0.597. The fraction of sp³-hybridized carbons (Fsp3) is 0.792. The van der Waals surface area contributed by atoms with E-state index < -0.39 is 0 Å². The van der Waals surface area contributed by atoms with Crippen LogP contribution in [0.15, 0.2) is 23.5 Å². The average molecular weight is 371 g/mol. The zero-order valence-electron chi connectivity index (χ0n) is 17.2. The third-order valence-electron chi connectivity index (χ3n) is 9.64. The van der Waals surface area contributed by atoms with E-state index in [0.29, 0.717) is 11.8 Å². The van der Waals surface area contributed by atoms with Gasteiger partial charge < -0.3 is 9.47 Å². The summed E-state index contributed by atoms with van der Waals surface area (Å²) in [5.74, 6) is 3.43. The molecule has 0 aromatic heterocycles. The molecule has 0 N–H and O–H groups in total. The normalized spacial score (nSPS) is 48.3. The molecule has 0 aromatic rings. The summed E-state index contributed by atoms with van der Waals surface area (Å²) in [5, 5.41) is 0. The Labute approximate surface area is 163 Å². The van der Waals surface area contributed by atoms with Gasteiger partial charge in [0.25, 0.3) is 0 Å². The number of carbonyl (C=O) groups is 1. The molecular formula is C24H34O3. The Morgan fingerprint density at radius 2 is 1.96 bits per heavy atom. The third-order valence-corrected chi connectivity index (χ3v) is 9.64. The van der Waals surface area contributed by atoms with Gasteiger partial charge in [-0.15, -0.1) is 0 Å². The van der Waals surface area contributed by atoms with Crippen molar-refractivity contribution >= 4 is 5.97 Å².